The number of ether oxygens (including phenoxy) is 1. The number of allylic oxidation sites excluding steroid dienone is 1. The number of hydrogen-bond acceptors (Lipinski definition) is 6. The molecule has 2 aliphatic rings. The number of aromatic hydroxyl groups is 1. The largest absolute Gasteiger partial charge is 0.507 e. The van der Waals surface area contributed by atoms with Gasteiger partial charge in [0, 0.05) is 44.2 Å². The summed E-state index contributed by atoms with van der Waals surface area (Å²) in [5.74, 6) is -0.0860. The van der Waals surface area contributed by atoms with Crippen LogP contribution in [0.25, 0.3) is 17.0 Å². The number of benzene rings is 2. The van der Waals surface area contributed by atoms with Gasteiger partial charge in [-0.2, -0.15) is 5.10 Å². The van der Waals surface area contributed by atoms with Gasteiger partial charge in [-0.1, -0.05) is 0 Å². The number of carbonyl (C=O) groups is 1. The van der Waals surface area contributed by atoms with Gasteiger partial charge < -0.3 is 15.2 Å². The van der Waals surface area contributed by atoms with Crippen LogP contribution in [0.3, 0.4) is 0 Å². The van der Waals surface area contributed by atoms with E-state index in [0.717, 1.165) is 26.2 Å². The third kappa shape index (κ3) is 3.16. The highest BCUT2D eigenvalue weighted by Gasteiger charge is 2.32. The molecule has 3 N–H and O–H groups in total. The topological polar surface area (TPSA) is 90.5 Å². The van der Waals surface area contributed by atoms with Crippen LogP contribution in [0.5, 0.6) is 11.5 Å². The Morgan fingerprint density at radius 3 is 2.90 bits per heavy atom. The fourth-order valence-corrected chi connectivity index (χ4v) is 3.78. The van der Waals surface area contributed by atoms with Crippen molar-refractivity contribution in [3.05, 3.63) is 58.7 Å². The Hall–Kier alpha value is -3.23. The van der Waals surface area contributed by atoms with Gasteiger partial charge >= 0.3 is 0 Å². The van der Waals surface area contributed by atoms with Crippen LogP contribution in [0.15, 0.2) is 36.1 Å². The van der Waals surface area contributed by atoms with Gasteiger partial charge in [-0.25, -0.2) is 4.39 Å². The molecule has 3 aromatic rings. The van der Waals surface area contributed by atoms with Crippen molar-refractivity contribution in [2.24, 2.45) is 0 Å². The number of piperazine rings is 1. The minimum atomic E-state index is -0.385. The highest BCUT2D eigenvalue weighted by Crippen LogP contribution is 2.40. The number of H-pyrrole nitrogens is 1. The van der Waals surface area contributed by atoms with Crippen molar-refractivity contribution in [3.8, 4) is 11.5 Å². The monoisotopic (exact) mass is 394 g/mol. The Morgan fingerprint density at radius 2 is 2.07 bits per heavy atom. The first-order chi connectivity index (χ1) is 14.1. The third-order valence-electron chi connectivity index (χ3n) is 5.33. The number of halogens is 1. The smallest absolute Gasteiger partial charge is 0.232 e. The van der Waals surface area contributed by atoms with Crippen LogP contribution in [0.1, 0.15) is 21.6 Å². The van der Waals surface area contributed by atoms with E-state index >= 15 is 0 Å². The number of phenolic OH excluding ortho intramolecular Hbond substituents is 1. The highest BCUT2D eigenvalue weighted by molar-refractivity contribution is 6.15. The maximum absolute atomic E-state index is 13.6. The lowest BCUT2D eigenvalue weighted by Gasteiger charge is -2.27. The Balaban J connectivity index is 1.50. The molecule has 5 rings (SSSR count). The Labute approximate surface area is 165 Å². The summed E-state index contributed by atoms with van der Waals surface area (Å²) in [5, 5.41) is 21.2. The van der Waals surface area contributed by atoms with E-state index in [2.05, 4.69) is 20.4 Å². The molecule has 1 saturated heterocycles. The maximum Gasteiger partial charge on any atom is 0.232 e. The first-order valence-electron chi connectivity index (χ1n) is 9.46. The van der Waals surface area contributed by atoms with Crippen molar-refractivity contribution in [2.75, 3.05) is 26.2 Å². The predicted octanol–water partition coefficient (Wildman–Crippen LogP) is 2.43. The zero-order valence-corrected chi connectivity index (χ0v) is 15.5. The van der Waals surface area contributed by atoms with E-state index in [1.54, 1.807) is 12.1 Å². The molecule has 0 saturated carbocycles. The summed E-state index contributed by atoms with van der Waals surface area (Å²) >= 11 is 0. The van der Waals surface area contributed by atoms with Gasteiger partial charge in [0.25, 0.3) is 0 Å². The minimum Gasteiger partial charge on any atom is -0.507 e. The van der Waals surface area contributed by atoms with Gasteiger partial charge in [0.2, 0.25) is 5.78 Å². The number of carbonyl (C=O) groups excluding carboxylic acids is 1. The highest BCUT2D eigenvalue weighted by atomic mass is 19.1. The van der Waals surface area contributed by atoms with Gasteiger partial charge in [-0.3, -0.25) is 14.8 Å². The number of phenols is 1. The molecule has 0 radical (unpaired) electrons. The molecule has 2 aromatic carbocycles. The van der Waals surface area contributed by atoms with E-state index in [-0.39, 0.29) is 23.1 Å². The molecule has 8 heteroatoms. The number of fused-ring (bicyclic) bond motifs is 2. The van der Waals surface area contributed by atoms with E-state index < -0.39 is 0 Å². The first-order valence-corrected chi connectivity index (χ1v) is 9.46. The lowest BCUT2D eigenvalue weighted by molar-refractivity contribution is 0.101. The van der Waals surface area contributed by atoms with Crippen LogP contribution < -0.4 is 10.1 Å². The molecule has 1 aromatic heterocycles. The number of nitrogens with one attached hydrogen (secondary N) is 2. The number of nitrogens with zero attached hydrogens (tertiary/aromatic N) is 2. The normalized spacial score (nSPS) is 18.4. The Kier molecular flexibility index (Phi) is 4.30. The molecule has 0 amide bonds. The molecule has 0 unspecified atom stereocenters. The fourth-order valence-electron chi connectivity index (χ4n) is 3.78. The molecule has 148 valence electrons. The quantitative estimate of drug-likeness (QED) is 0.591. The van der Waals surface area contributed by atoms with E-state index in [9.17, 15) is 14.3 Å². The summed E-state index contributed by atoms with van der Waals surface area (Å²) < 4.78 is 19.5. The number of aromatic nitrogens is 2. The number of Topliss-reactive ketones (excluding diaryl/α,β-unsaturated/α-hetero) is 1. The van der Waals surface area contributed by atoms with Crippen LogP contribution in [-0.4, -0.2) is 52.2 Å². The molecule has 0 bridgehead atoms. The molecule has 2 aliphatic heterocycles. The number of ketones is 1. The van der Waals surface area contributed by atoms with Crippen LogP contribution >= 0.6 is 0 Å². The lowest BCUT2D eigenvalue weighted by atomic mass is 10.0. The summed E-state index contributed by atoms with van der Waals surface area (Å²) in [5.41, 5.74) is 2.09. The molecule has 0 spiro atoms. The Morgan fingerprint density at radius 1 is 1.24 bits per heavy atom. The van der Waals surface area contributed by atoms with Crippen molar-refractivity contribution in [2.45, 2.75) is 6.54 Å². The van der Waals surface area contributed by atoms with E-state index in [1.165, 1.54) is 24.3 Å². The van der Waals surface area contributed by atoms with Crippen molar-refractivity contribution in [1.29, 1.82) is 0 Å². The van der Waals surface area contributed by atoms with Gasteiger partial charge in [0.15, 0.2) is 5.76 Å². The standard InChI is InChI=1S/C21H19FN4O3/c22-12-1-3-16-14(9-12)17(25-24-16)10-19-20(28)13-2-4-18(27)15(21(13)29-19)11-26-7-5-23-6-8-26/h1-4,9-10,23,27H,5-8,11H2,(H,24,25). The minimum absolute atomic E-state index is 0.101. The molecular weight excluding hydrogens is 375 g/mol. The third-order valence-corrected chi connectivity index (χ3v) is 5.33. The fraction of sp³-hybridized carbons (Fsp3) is 0.238. The van der Waals surface area contributed by atoms with Crippen molar-refractivity contribution >= 4 is 22.8 Å². The summed E-state index contributed by atoms with van der Waals surface area (Å²) in [7, 11) is 0. The average Bonchev–Trinajstić information content (AvgIpc) is 3.26. The second kappa shape index (κ2) is 6.98. The molecule has 1 fully saturated rings. The van der Waals surface area contributed by atoms with Gasteiger partial charge in [0.05, 0.1) is 22.3 Å². The van der Waals surface area contributed by atoms with Crippen LogP contribution in [0.2, 0.25) is 0 Å². The zero-order chi connectivity index (χ0) is 20.0. The van der Waals surface area contributed by atoms with Crippen LogP contribution in [0.4, 0.5) is 4.39 Å². The number of hydrogen-bond donors (Lipinski definition) is 3. The van der Waals surface area contributed by atoms with E-state index in [0.29, 0.717) is 40.0 Å². The molecule has 0 aliphatic carbocycles. The van der Waals surface area contributed by atoms with Gasteiger partial charge in [-0.15, -0.1) is 0 Å². The predicted molar refractivity (Wildman–Crippen MR) is 105 cm³/mol. The second-order valence-corrected chi connectivity index (χ2v) is 7.20. The average molecular weight is 394 g/mol. The summed E-state index contributed by atoms with van der Waals surface area (Å²) in [4.78, 5) is 15.1. The molecular formula is C21H19FN4O3. The SMILES string of the molecule is O=C1C(=Cc2n[nH]c3ccc(F)cc23)Oc2c1ccc(O)c2CN1CCNCC1. The van der Waals surface area contributed by atoms with Gasteiger partial charge in [-0.05, 0) is 30.3 Å². The van der Waals surface area contributed by atoms with Crippen molar-refractivity contribution < 1.29 is 19.0 Å². The summed E-state index contributed by atoms with van der Waals surface area (Å²) in [6.07, 6.45) is 1.51. The van der Waals surface area contributed by atoms with Crippen LogP contribution in [0, 0.1) is 5.82 Å². The first kappa shape index (κ1) is 17.8. The lowest BCUT2D eigenvalue weighted by Crippen LogP contribution is -2.42. The summed E-state index contributed by atoms with van der Waals surface area (Å²) in [6, 6.07) is 7.39. The zero-order valence-electron chi connectivity index (χ0n) is 15.5. The van der Waals surface area contributed by atoms with E-state index in [4.69, 9.17) is 4.74 Å². The van der Waals surface area contributed by atoms with Crippen molar-refractivity contribution in [3.63, 3.8) is 0 Å². The molecule has 3 heterocycles. The molecule has 29 heavy (non-hydrogen) atoms. The van der Waals surface area contributed by atoms with Crippen LogP contribution in [-0.2, 0) is 6.54 Å². The number of rotatable bonds is 3. The van der Waals surface area contributed by atoms with Gasteiger partial charge in [0.1, 0.15) is 17.3 Å². The maximum atomic E-state index is 13.6. The van der Waals surface area contributed by atoms with E-state index in [1.807, 2.05) is 0 Å². The van der Waals surface area contributed by atoms with Crippen molar-refractivity contribution in [1.82, 2.24) is 20.4 Å². The number of aromatic amines is 1. The summed E-state index contributed by atoms with van der Waals surface area (Å²) in [6.45, 7) is 3.95. The molecule has 7 nitrogen and oxygen atoms in total. The Bertz CT molecular complexity index is 1150. The second-order valence-electron chi connectivity index (χ2n) is 7.20. The molecule has 0 atom stereocenters.